The maximum atomic E-state index is 11.7. The van der Waals surface area contributed by atoms with Crippen molar-refractivity contribution >= 4 is 12.0 Å². The SMILES string of the molecule is NC1C2CCOC2C1NC(=O)C=Cc1ccco1. The molecule has 4 unspecified atom stereocenters. The maximum Gasteiger partial charge on any atom is 0.244 e. The number of hydrogen-bond donors (Lipinski definition) is 2. The van der Waals surface area contributed by atoms with Crippen molar-refractivity contribution < 1.29 is 13.9 Å². The number of fused-ring (bicyclic) bond motifs is 1. The molecule has 3 N–H and O–H groups in total. The van der Waals surface area contributed by atoms with E-state index in [1.54, 1.807) is 24.5 Å². The van der Waals surface area contributed by atoms with Gasteiger partial charge in [-0.25, -0.2) is 0 Å². The van der Waals surface area contributed by atoms with E-state index < -0.39 is 0 Å². The predicted molar refractivity (Wildman–Crippen MR) is 65.5 cm³/mol. The molecule has 0 radical (unpaired) electrons. The number of carbonyl (C=O) groups excluding carboxylic acids is 1. The van der Waals surface area contributed by atoms with E-state index >= 15 is 0 Å². The number of hydrogen-bond acceptors (Lipinski definition) is 4. The van der Waals surface area contributed by atoms with Crippen LogP contribution in [0.2, 0.25) is 0 Å². The molecular formula is C13H16N2O3. The van der Waals surface area contributed by atoms with Crippen LogP contribution < -0.4 is 11.1 Å². The maximum absolute atomic E-state index is 11.7. The quantitative estimate of drug-likeness (QED) is 0.765. The fraction of sp³-hybridized carbons (Fsp3) is 0.462. The van der Waals surface area contributed by atoms with E-state index in [0.717, 1.165) is 13.0 Å². The van der Waals surface area contributed by atoms with E-state index in [1.807, 2.05) is 0 Å². The van der Waals surface area contributed by atoms with Gasteiger partial charge in [0.2, 0.25) is 5.91 Å². The Balaban J connectivity index is 1.55. The molecule has 96 valence electrons. The third-order valence-corrected chi connectivity index (χ3v) is 3.70. The Kier molecular flexibility index (Phi) is 2.93. The van der Waals surface area contributed by atoms with Gasteiger partial charge in [0, 0.05) is 24.6 Å². The van der Waals surface area contributed by atoms with Gasteiger partial charge in [0.25, 0.3) is 0 Å². The van der Waals surface area contributed by atoms with Crippen LogP contribution in [-0.4, -0.2) is 30.7 Å². The molecule has 1 aromatic rings. The van der Waals surface area contributed by atoms with Crippen molar-refractivity contribution in [3.05, 3.63) is 30.2 Å². The summed E-state index contributed by atoms with van der Waals surface area (Å²) in [5.41, 5.74) is 6.01. The Labute approximate surface area is 105 Å². The highest BCUT2D eigenvalue weighted by Gasteiger charge is 2.52. The van der Waals surface area contributed by atoms with Crippen molar-refractivity contribution in [2.24, 2.45) is 11.7 Å². The molecule has 2 fully saturated rings. The highest BCUT2D eigenvalue weighted by atomic mass is 16.5. The first-order valence-electron chi connectivity index (χ1n) is 6.15. The number of nitrogens with two attached hydrogens (primary N) is 1. The molecular weight excluding hydrogens is 232 g/mol. The van der Waals surface area contributed by atoms with Gasteiger partial charge in [0.1, 0.15) is 5.76 Å². The lowest BCUT2D eigenvalue weighted by Crippen LogP contribution is -2.68. The first-order chi connectivity index (χ1) is 8.75. The summed E-state index contributed by atoms with van der Waals surface area (Å²) in [4.78, 5) is 11.7. The number of ether oxygens (including phenoxy) is 1. The fourth-order valence-corrected chi connectivity index (χ4v) is 2.68. The van der Waals surface area contributed by atoms with Crippen molar-refractivity contribution in [1.82, 2.24) is 5.32 Å². The minimum Gasteiger partial charge on any atom is -0.465 e. The van der Waals surface area contributed by atoms with Gasteiger partial charge in [0.15, 0.2) is 0 Å². The monoisotopic (exact) mass is 248 g/mol. The summed E-state index contributed by atoms with van der Waals surface area (Å²) in [7, 11) is 0. The zero-order valence-corrected chi connectivity index (χ0v) is 9.91. The zero-order valence-electron chi connectivity index (χ0n) is 9.91. The van der Waals surface area contributed by atoms with Crippen molar-refractivity contribution in [2.45, 2.75) is 24.6 Å². The zero-order chi connectivity index (χ0) is 12.5. The lowest BCUT2D eigenvalue weighted by Gasteiger charge is -2.45. The number of rotatable bonds is 3. The molecule has 5 nitrogen and oxygen atoms in total. The summed E-state index contributed by atoms with van der Waals surface area (Å²) >= 11 is 0. The van der Waals surface area contributed by atoms with Gasteiger partial charge < -0.3 is 20.2 Å². The third kappa shape index (κ3) is 1.95. The molecule has 0 spiro atoms. The molecule has 4 atom stereocenters. The Morgan fingerprint density at radius 1 is 1.56 bits per heavy atom. The molecule has 1 saturated carbocycles. The highest BCUT2D eigenvalue weighted by molar-refractivity contribution is 5.91. The number of nitrogens with one attached hydrogen (secondary N) is 1. The van der Waals surface area contributed by atoms with Crippen LogP contribution in [0.25, 0.3) is 6.08 Å². The van der Waals surface area contributed by atoms with E-state index in [4.69, 9.17) is 14.9 Å². The predicted octanol–water partition coefficient (Wildman–Crippen LogP) is 0.524. The normalized spacial score (nSPS) is 34.3. The second-order valence-corrected chi connectivity index (χ2v) is 4.75. The molecule has 1 aliphatic heterocycles. The van der Waals surface area contributed by atoms with Crippen LogP contribution in [0, 0.1) is 5.92 Å². The summed E-state index contributed by atoms with van der Waals surface area (Å²) in [6, 6.07) is 3.51. The molecule has 0 aromatic carbocycles. The van der Waals surface area contributed by atoms with Gasteiger partial charge in [-0.3, -0.25) is 4.79 Å². The standard InChI is InChI=1S/C13H16N2O3/c14-11-9-5-7-18-13(9)12(11)15-10(16)4-3-8-2-1-6-17-8/h1-4,6,9,11-13H,5,7,14H2,(H,15,16). The molecule has 3 rings (SSSR count). The summed E-state index contributed by atoms with van der Waals surface area (Å²) in [6.07, 6.45) is 5.75. The Bertz CT molecular complexity index is 455. The lowest BCUT2D eigenvalue weighted by molar-refractivity contribution is -0.120. The molecule has 0 bridgehead atoms. The summed E-state index contributed by atoms with van der Waals surface area (Å²) in [5.74, 6) is 0.892. The van der Waals surface area contributed by atoms with E-state index in [2.05, 4.69) is 5.32 Å². The van der Waals surface area contributed by atoms with Crippen molar-refractivity contribution in [3.63, 3.8) is 0 Å². The second-order valence-electron chi connectivity index (χ2n) is 4.75. The van der Waals surface area contributed by atoms with Crippen LogP contribution in [0.15, 0.2) is 28.9 Å². The van der Waals surface area contributed by atoms with Gasteiger partial charge in [-0.05, 0) is 24.6 Å². The Hall–Kier alpha value is -1.59. The minimum absolute atomic E-state index is 0.0125. The largest absolute Gasteiger partial charge is 0.465 e. The average molecular weight is 248 g/mol. The topological polar surface area (TPSA) is 77.5 Å². The van der Waals surface area contributed by atoms with Crippen LogP contribution in [0.1, 0.15) is 12.2 Å². The van der Waals surface area contributed by atoms with Gasteiger partial charge in [0.05, 0.1) is 18.4 Å². The summed E-state index contributed by atoms with van der Waals surface area (Å²) in [6.45, 7) is 0.748. The van der Waals surface area contributed by atoms with Crippen molar-refractivity contribution in [1.29, 1.82) is 0 Å². The minimum atomic E-state index is -0.166. The summed E-state index contributed by atoms with van der Waals surface area (Å²) < 4.78 is 10.7. The third-order valence-electron chi connectivity index (χ3n) is 3.70. The van der Waals surface area contributed by atoms with E-state index in [1.165, 1.54) is 6.08 Å². The van der Waals surface area contributed by atoms with Gasteiger partial charge in [-0.15, -0.1) is 0 Å². The smallest absolute Gasteiger partial charge is 0.244 e. The number of carbonyl (C=O) groups is 1. The first-order valence-corrected chi connectivity index (χ1v) is 6.15. The van der Waals surface area contributed by atoms with E-state index in [9.17, 15) is 4.79 Å². The molecule has 5 heteroatoms. The molecule has 1 aromatic heterocycles. The summed E-state index contributed by atoms with van der Waals surface area (Å²) in [5, 5.41) is 2.88. The van der Waals surface area contributed by atoms with Crippen LogP contribution in [-0.2, 0) is 9.53 Å². The van der Waals surface area contributed by atoms with Gasteiger partial charge in [-0.2, -0.15) is 0 Å². The fourth-order valence-electron chi connectivity index (χ4n) is 2.68. The van der Waals surface area contributed by atoms with E-state index in [-0.39, 0.29) is 24.1 Å². The van der Waals surface area contributed by atoms with Crippen molar-refractivity contribution in [2.75, 3.05) is 6.61 Å². The lowest BCUT2D eigenvalue weighted by atomic mass is 9.72. The van der Waals surface area contributed by atoms with Crippen LogP contribution in [0.4, 0.5) is 0 Å². The molecule has 1 aliphatic carbocycles. The highest BCUT2D eigenvalue weighted by Crippen LogP contribution is 2.37. The van der Waals surface area contributed by atoms with Gasteiger partial charge >= 0.3 is 0 Å². The Morgan fingerprint density at radius 2 is 2.44 bits per heavy atom. The van der Waals surface area contributed by atoms with Crippen molar-refractivity contribution in [3.8, 4) is 0 Å². The molecule has 2 aliphatic rings. The second kappa shape index (κ2) is 4.59. The van der Waals surface area contributed by atoms with Crippen LogP contribution in [0.5, 0.6) is 0 Å². The molecule has 2 heterocycles. The number of furan rings is 1. The van der Waals surface area contributed by atoms with Crippen LogP contribution in [0.3, 0.4) is 0 Å². The Morgan fingerprint density at radius 3 is 3.22 bits per heavy atom. The van der Waals surface area contributed by atoms with E-state index in [0.29, 0.717) is 11.7 Å². The molecule has 18 heavy (non-hydrogen) atoms. The molecule has 1 saturated heterocycles. The van der Waals surface area contributed by atoms with Gasteiger partial charge in [-0.1, -0.05) is 0 Å². The number of amides is 1. The average Bonchev–Trinajstić information content (AvgIpc) is 3.02. The molecule has 1 amide bonds. The first kappa shape index (κ1) is 11.5. The van der Waals surface area contributed by atoms with Crippen LogP contribution >= 0.6 is 0 Å².